The van der Waals surface area contributed by atoms with Crippen LogP contribution in [0, 0.1) is 5.92 Å². The van der Waals surface area contributed by atoms with E-state index in [9.17, 15) is 9.59 Å². The summed E-state index contributed by atoms with van der Waals surface area (Å²) in [5.74, 6) is 0.0201. The van der Waals surface area contributed by atoms with Crippen LogP contribution in [-0.4, -0.2) is 11.7 Å². The van der Waals surface area contributed by atoms with Crippen LogP contribution in [0.1, 0.15) is 34.0 Å². The molecule has 0 saturated carbocycles. The Balaban J connectivity index is 2.02. The van der Waals surface area contributed by atoms with E-state index < -0.39 is 0 Å². The molecule has 0 aliphatic heterocycles. The lowest BCUT2D eigenvalue weighted by Crippen LogP contribution is -2.26. The molecule has 1 N–H and O–H groups in total. The van der Waals surface area contributed by atoms with Crippen LogP contribution in [0.15, 0.2) is 42.5 Å². The molecular weight excluding hydrogens is 270 g/mol. The molecule has 0 fully saturated rings. The topological polar surface area (TPSA) is 46.2 Å². The van der Waals surface area contributed by atoms with Crippen molar-refractivity contribution < 1.29 is 9.59 Å². The Morgan fingerprint density at radius 3 is 2.45 bits per heavy atom. The second kappa shape index (κ2) is 6.48. The van der Waals surface area contributed by atoms with Crippen molar-refractivity contribution >= 4 is 23.0 Å². The Morgan fingerprint density at radius 2 is 1.80 bits per heavy atom. The summed E-state index contributed by atoms with van der Waals surface area (Å²) in [7, 11) is 0. The monoisotopic (exact) mass is 287 g/mol. The molecule has 1 amide bonds. The number of nitrogens with one attached hydrogen (secondary N) is 1. The van der Waals surface area contributed by atoms with Gasteiger partial charge in [-0.3, -0.25) is 9.59 Å². The van der Waals surface area contributed by atoms with Crippen molar-refractivity contribution in [1.82, 2.24) is 5.32 Å². The van der Waals surface area contributed by atoms with Crippen molar-refractivity contribution in [1.29, 1.82) is 0 Å². The van der Waals surface area contributed by atoms with E-state index >= 15 is 0 Å². The van der Waals surface area contributed by atoms with Crippen LogP contribution in [0.25, 0.3) is 0 Å². The fourth-order valence-electron chi connectivity index (χ4n) is 1.71. The van der Waals surface area contributed by atoms with Gasteiger partial charge < -0.3 is 5.32 Å². The predicted octanol–water partition coefficient (Wildman–Crippen LogP) is 3.25. The fourth-order valence-corrected chi connectivity index (χ4v) is 2.61. The van der Waals surface area contributed by atoms with Gasteiger partial charge in [0.15, 0.2) is 0 Å². The van der Waals surface area contributed by atoms with Gasteiger partial charge in [0.25, 0.3) is 0 Å². The lowest BCUT2D eigenvalue weighted by atomic mass is 10.1. The van der Waals surface area contributed by atoms with Crippen molar-refractivity contribution in [3.05, 3.63) is 57.8 Å². The summed E-state index contributed by atoms with van der Waals surface area (Å²) in [6, 6.07) is 12.9. The van der Waals surface area contributed by atoms with E-state index in [4.69, 9.17) is 0 Å². The normalized spacial score (nSPS) is 10.6. The first kappa shape index (κ1) is 14.5. The van der Waals surface area contributed by atoms with Crippen LogP contribution in [0.2, 0.25) is 0 Å². The predicted molar refractivity (Wildman–Crippen MR) is 80.9 cm³/mol. The molecular formula is C16H17NO2S. The Kier molecular flexibility index (Phi) is 4.69. The number of hydrogen-bond acceptors (Lipinski definition) is 3. The van der Waals surface area contributed by atoms with Crippen molar-refractivity contribution in [3.8, 4) is 0 Å². The fraction of sp³-hybridized carbons (Fsp3) is 0.250. The van der Waals surface area contributed by atoms with Crippen LogP contribution in [-0.2, 0) is 11.3 Å². The van der Waals surface area contributed by atoms with Gasteiger partial charge in [0.1, 0.15) is 0 Å². The van der Waals surface area contributed by atoms with Crippen molar-refractivity contribution in [2.45, 2.75) is 20.4 Å². The number of ketones is 1. The number of amides is 1. The van der Waals surface area contributed by atoms with Gasteiger partial charge in [-0.2, -0.15) is 0 Å². The Hall–Kier alpha value is -1.94. The van der Waals surface area contributed by atoms with Crippen LogP contribution >= 0.6 is 11.3 Å². The number of hydrogen-bond donors (Lipinski definition) is 1. The highest BCUT2D eigenvalue weighted by Gasteiger charge is 2.12. The second-order valence-corrected chi connectivity index (χ2v) is 6.00. The number of thiophene rings is 1. The molecule has 4 heteroatoms. The van der Waals surface area contributed by atoms with E-state index in [2.05, 4.69) is 5.32 Å². The summed E-state index contributed by atoms with van der Waals surface area (Å²) in [5, 5.41) is 2.85. The number of carbonyl (C=O) groups excluding carboxylic acids is 2. The molecule has 0 atom stereocenters. The molecule has 1 heterocycles. The third-order valence-corrected chi connectivity index (χ3v) is 3.97. The number of carbonyl (C=O) groups is 2. The second-order valence-electron chi connectivity index (χ2n) is 4.83. The molecule has 0 aliphatic rings. The van der Waals surface area contributed by atoms with Crippen molar-refractivity contribution in [2.24, 2.45) is 5.92 Å². The zero-order valence-corrected chi connectivity index (χ0v) is 12.4. The molecule has 1 aromatic heterocycles. The van der Waals surface area contributed by atoms with E-state index in [1.54, 1.807) is 0 Å². The van der Waals surface area contributed by atoms with Gasteiger partial charge in [0, 0.05) is 16.4 Å². The molecule has 0 saturated heterocycles. The Morgan fingerprint density at radius 1 is 1.10 bits per heavy atom. The molecule has 2 aromatic rings. The summed E-state index contributed by atoms with van der Waals surface area (Å²) in [6.45, 7) is 4.19. The van der Waals surface area contributed by atoms with Gasteiger partial charge in [-0.05, 0) is 12.1 Å². The number of benzene rings is 1. The van der Waals surface area contributed by atoms with E-state index in [0.29, 0.717) is 17.0 Å². The van der Waals surface area contributed by atoms with E-state index in [0.717, 1.165) is 4.88 Å². The Bertz CT molecular complexity index is 602. The zero-order chi connectivity index (χ0) is 14.5. The van der Waals surface area contributed by atoms with Crippen LogP contribution < -0.4 is 5.32 Å². The summed E-state index contributed by atoms with van der Waals surface area (Å²) < 4.78 is 0. The molecule has 20 heavy (non-hydrogen) atoms. The highest BCUT2D eigenvalue weighted by Crippen LogP contribution is 2.20. The molecule has 1 aromatic carbocycles. The minimum Gasteiger partial charge on any atom is -0.351 e. The smallest absolute Gasteiger partial charge is 0.222 e. The van der Waals surface area contributed by atoms with E-state index in [1.165, 1.54) is 11.3 Å². The first-order valence-corrected chi connectivity index (χ1v) is 7.35. The zero-order valence-electron chi connectivity index (χ0n) is 11.6. The molecule has 0 spiro atoms. The van der Waals surface area contributed by atoms with Gasteiger partial charge >= 0.3 is 0 Å². The van der Waals surface area contributed by atoms with Crippen molar-refractivity contribution in [2.75, 3.05) is 0 Å². The Labute approximate surface area is 122 Å². The molecule has 0 aliphatic carbocycles. The molecule has 0 radical (unpaired) electrons. The quantitative estimate of drug-likeness (QED) is 0.858. The highest BCUT2D eigenvalue weighted by molar-refractivity contribution is 7.14. The van der Waals surface area contributed by atoms with Crippen LogP contribution in [0.5, 0.6) is 0 Å². The van der Waals surface area contributed by atoms with E-state index in [-0.39, 0.29) is 17.6 Å². The van der Waals surface area contributed by atoms with Gasteiger partial charge in [-0.25, -0.2) is 0 Å². The van der Waals surface area contributed by atoms with Crippen molar-refractivity contribution in [3.63, 3.8) is 0 Å². The standard InChI is InChI=1S/C16H17NO2S/c1-11(2)16(19)17-10-13-8-9-14(20-13)15(18)12-6-4-3-5-7-12/h3-9,11H,10H2,1-2H3,(H,17,19). The highest BCUT2D eigenvalue weighted by atomic mass is 32.1. The molecule has 0 bridgehead atoms. The molecule has 2 rings (SSSR count). The first-order valence-electron chi connectivity index (χ1n) is 6.54. The van der Waals surface area contributed by atoms with Gasteiger partial charge in [-0.15, -0.1) is 11.3 Å². The maximum absolute atomic E-state index is 12.2. The lowest BCUT2D eigenvalue weighted by molar-refractivity contribution is -0.124. The van der Waals surface area contributed by atoms with Gasteiger partial charge in [-0.1, -0.05) is 44.2 Å². The minimum atomic E-state index is -0.0274. The third-order valence-electron chi connectivity index (χ3n) is 2.88. The first-order chi connectivity index (χ1) is 9.58. The SMILES string of the molecule is CC(C)C(=O)NCc1ccc(C(=O)c2ccccc2)s1. The van der Waals surface area contributed by atoms with Gasteiger partial charge in [0.05, 0.1) is 11.4 Å². The largest absolute Gasteiger partial charge is 0.351 e. The summed E-state index contributed by atoms with van der Waals surface area (Å²) in [5.41, 5.74) is 0.687. The third kappa shape index (κ3) is 3.54. The maximum Gasteiger partial charge on any atom is 0.222 e. The summed E-state index contributed by atoms with van der Waals surface area (Å²) >= 11 is 1.43. The lowest BCUT2D eigenvalue weighted by Gasteiger charge is -2.05. The maximum atomic E-state index is 12.2. The molecule has 3 nitrogen and oxygen atoms in total. The number of rotatable bonds is 5. The van der Waals surface area contributed by atoms with Gasteiger partial charge in [0.2, 0.25) is 11.7 Å². The molecule has 0 unspecified atom stereocenters. The van der Waals surface area contributed by atoms with E-state index in [1.807, 2.05) is 56.3 Å². The molecule has 104 valence electrons. The summed E-state index contributed by atoms with van der Waals surface area (Å²) in [4.78, 5) is 25.4. The minimum absolute atomic E-state index is 0.0225. The average molecular weight is 287 g/mol. The summed E-state index contributed by atoms with van der Waals surface area (Å²) in [6.07, 6.45) is 0. The average Bonchev–Trinajstić information content (AvgIpc) is 2.93. The van der Waals surface area contributed by atoms with Crippen LogP contribution in [0.3, 0.4) is 0 Å². The van der Waals surface area contributed by atoms with Crippen LogP contribution in [0.4, 0.5) is 0 Å².